The van der Waals surface area contributed by atoms with Crippen molar-refractivity contribution in [2.45, 2.75) is 6.42 Å². The molecule has 0 bridgehead atoms. The fourth-order valence-corrected chi connectivity index (χ4v) is 1.94. The SMILES string of the molecule is O=C(O)Cc1cnnn1-c1ccc2ncccc2c1. The molecule has 0 unspecified atom stereocenters. The second-order valence-electron chi connectivity index (χ2n) is 4.09. The fraction of sp³-hybridized carbons (Fsp3) is 0.0769. The van der Waals surface area contributed by atoms with Crippen molar-refractivity contribution in [2.24, 2.45) is 0 Å². The van der Waals surface area contributed by atoms with Crippen LogP contribution in [0, 0.1) is 0 Å². The molecule has 0 spiro atoms. The number of carbonyl (C=O) groups is 1. The van der Waals surface area contributed by atoms with Crippen molar-refractivity contribution >= 4 is 16.9 Å². The number of rotatable bonds is 3. The average Bonchev–Trinajstić information content (AvgIpc) is 2.85. The van der Waals surface area contributed by atoms with Gasteiger partial charge in [0.25, 0.3) is 0 Å². The third-order valence-electron chi connectivity index (χ3n) is 2.78. The van der Waals surface area contributed by atoms with Crippen LogP contribution in [0.5, 0.6) is 0 Å². The van der Waals surface area contributed by atoms with Gasteiger partial charge in [0.2, 0.25) is 0 Å². The summed E-state index contributed by atoms with van der Waals surface area (Å²) >= 11 is 0. The van der Waals surface area contributed by atoms with E-state index in [4.69, 9.17) is 5.11 Å². The first-order valence-electron chi connectivity index (χ1n) is 5.70. The maximum atomic E-state index is 10.8. The molecule has 6 nitrogen and oxygen atoms in total. The zero-order chi connectivity index (χ0) is 13.2. The Kier molecular flexibility index (Phi) is 2.68. The summed E-state index contributed by atoms with van der Waals surface area (Å²) in [5.74, 6) is -0.911. The molecule has 0 aliphatic carbocycles. The minimum Gasteiger partial charge on any atom is -0.481 e. The summed E-state index contributed by atoms with van der Waals surface area (Å²) in [5.41, 5.74) is 2.19. The number of aromatic nitrogens is 4. The maximum absolute atomic E-state index is 10.8. The molecule has 0 amide bonds. The van der Waals surface area contributed by atoms with Crippen LogP contribution in [0.25, 0.3) is 16.6 Å². The molecule has 0 saturated carbocycles. The molecule has 0 atom stereocenters. The van der Waals surface area contributed by atoms with Crippen LogP contribution in [-0.2, 0) is 11.2 Å². The summed E-state index contributed by atoms with van der Waals surface area (Å²) in [6.45, 7) is 0. The van der Waals surface area contributed by atoms with E-state index in [0.717, 1.165) is 16.6 Å². The van der Waals surface area contributed by atoms with E-state index < -0.39 is 5.97 Å². The van der Waals surface area contributed by atoms with Crippen LogP contribution in [0.1, 0.15) is 5.69 Å². The Morgan fingerprint density at radius 1 is 1.32 bits per heavy atom. The normalized spacial score (nSPS) is 10.7. The monoisotopic (exact) mass is 254 g/mol. The van der Waals surface area contributed by atoms with Crippen molar-refractivity contribution in [1.82, 2.24) is 20.0 Å². The molecule has 0 fully saturated rings. The molecule has 2 aromatic heterocycles. The lowest BCUT2D eigenvalue weighted by atomic mass is 10.2. The van der Waals surface area contributed by atoms with Crippen LogP contribution >= 0.6 is 0 Å². The van der Waals surface area contributed by atoms with E-state index in [1.807, 2.05) is 30.3 Å². The molecule has 19 heavy (non-hydrogen) atoms. The van der Waals surface area contributed by atoms with Crippen LogP contribution in [0.15, 0.2) is 42.7 Å². The predicted molar refractivity (Wildman–Crippen MR) is 68.0 cm³/mol. The molecule has 0 aliphatic heterocycles. The van der Waals surface area contributed by atoms with E-state index in [1.54, 1.807) is 6.20 Å². The molecule has 2 heterocycles. The summed E-state index contributed by atoms with van der Waals surface area (Å²) in [4.78, 5) is 15.0. The van der Waals surface area contributed by atoms with Gasteiger partial charge >= 0.3 is 5.97 Å². The number of nitrogens with zero attached hydrogens (tertiary/aromatic N) is 4. The second kappa shape index (κ2) is 4.49. The van der Waals surface area contributed by atoms with Gasteiger partial charge in [-0.1, -0.05) is 11.3 Å². The molecule has 3 rings (SSSR count). The lowest BCUT2D eigenvalue weighted by Gasteiger charge is -2.05. The Morgan fingerprint density at radius 3 is 3.05 bits per heavy atom. The lowest BCUT2D eigenvalue weighted by Crippen LogP contribution is -2.07. The minimum atomic E-state index is -0.911. The van der Waals surface area contributed by atoms with E-state index >= 15 is 0 Å². The van der Waals surface area contributed by atoms with Crippen molar-refractivity contribution in [3.8, 4) is 5.69 Å². The van der Waals surface area contributed by atoms with Gasteiger partial charge in [0.15, 0.2) is 0 Å². The number of benzene rings is 1. The molecule has 0 aliphatic rings. The van der Waals surface area contributed by atoms with Crippen LogP contribution in [0.4, 0.5) is 0 Å². The first-order valence-corrected chi connectivity index (χ1v) is 5.70. The summed E-state index contributed by atoms with van der Waals surface area (Å²) in [7, 11) is 0. The third-order valence-corrected chi connectivity index (χ3v) is 2.78. The molecule has 0 radical (unpaired) electrons. The number of hydrogen-bond donors (Lipinski definition) is 1. The van der Waals surface area contributed by atoms with E-state index in [2.05, 4.69) is 15.3 Å². The Hall–Kier alpha value is -2.76. The van der Waals surface area contributed by atoms with Gasteiger partial charge < -0.3 is 5.11 Å². The van der Waals surface area contributed by atoms with Gasteiger partial charge in [0.05, 0.1) is 29.5 Å². The maximum Gasteiger partial charge on any atom is 0.309 e. The van der Waals surface area contributed by atoms with E-state index in [0.29, 0.717) is 5.69 Å². The molecule has 1 N–H and O–H groups in total. The van der Waals surface area contributed by atoms with Gasteiger partial charge in [0, 0.05) is 11.6 Å². The van der Waals surface area contributed by atoms with Gasteiger partial charge in [0.1, 0.15) is 0 Å². The standard InChI is InChI=1S/C13H10N4O2/c18-13(19)7-11-8-15-16-17(11)10-3-4-12-9(6-10)2-1-5-14-12/h1-6,8H,7H2,(H,18,19). The first-order chi connectivity index (χ1) is 9.24. The van der Waals surface area contributed by atoms with Crippen LogP contribution in [0.3, 0.4) is 0 Å². The second-order valence-corrected chi connectivity index (χ2v) is 4.09. The van der Waals surface area contributed by atoms with Crippen molar-refractivity contribution in [3.05, 3.63) is 48.4 Å². The molecule has 0 saturated heterocycles. The summed E-state index contributed by atoms with van der Waals surface area (Å²) in [5, 5.41) is 17.5. The number of hydrogen-bond acceptors (Lipinski definition) is 4. The number of aliphatic carboxylic acids is 1. The highest BCUT2D eigenvalue weighted by atomic mass is 16.4. The highest BCUT2D eigenvalue weighted by Crippen LogP contribution is 2.17. The third kappa shape index (κ3) is 2.15. The smallest absolute Gasteiger partial charge is 0.309 e. The predicted octanol–water partition coefficient (Wildman–Crippen LogP) is 1.44. The number of fused-ring (bicyclic) bond motifs is 1. The van der Waals surface area contributed by atoms with Gasteiger partial charge in [-0.2, -0.15) is 0 Å². The van der Waals surface area contributed by atoms with Crippen LogP contribution in [0.2, 0.25) is 0 Å². The first kappa shape index (κ1) is 11.3. The van der Waals surface area contributed by atoms with Gasteiger partial charge in [-0.05, 0) is 24.3 Å². The number of carboxylic acid groups (broad SMARTS) is 1. The van der Waals surface area contributed by atoms with Crippen molar-refractivity contribution in [1.29, 1.82) is 0 Å². The lowest BCUT2D eigenvalue weighted by molar-refractivity contribution is -0.136. The number of carboxylic acids is 1. The highest BCUT2D eigenvalue weighted by molar-refractivity contribution is 5.80. The summed E-state index contributed by atoms with van der Waals surface area (Å²) in [6.07, 6.45) is 3.08. The van der Waals surface area contributed by atoms with E-state index in [9.17, 15) is 4.79 Å². The summed E-state index contributed by atoms with van der Waals surface area (Å²) < 4.78 is 1.53. The van der Waals surface area contributed by atoms with Crippen LogP contribution in [-0.4, -0.2) is 31.1 Å². The van der Waals surface area contributed by atoms with E-state index in [-0.39, 0.29) is 6.42 Å². The van der Waals surface area contributed by atoms with E-state index in [1.165, 1.54) is 10.9 Å². The molecule has 3 aromatic rings. The fourth-order valence-electron chi connectivity index (χ4n) is 1.94. The van der Waals surface area contributed by atoms with Gasteiger partial charge in [-0.15, -0.1) is 5.10 Å². The topological polar surface area (TPSA) is 80.9 Å². The zero-order valence-electron chi connectivity index (χ0n) is 9.89. The van der Waals surface area contributed by atoms with Gasteiger partial charge in [-0.3, -0.25) is 9.78 Å². The minimum absolute atomic E-state index is 0.113. The molecular formula is C13H10N4O2. The Bertz CT molecular complexity index is 751. The van der Waals surface area contributed by atoms with Crippen molar-refractivity contribution in [2.75, 3.05) is 0 Å². The van der Waals surface area contributed by atoms with Crippen molar-refractivity contribution < 1.29 is 9.90 Å². The summed E-state index contributed by atoms with van der Waals surface area (Å²) in [6, 6.07) is 9.42. The highest BCUT2D eigenvalue weighted by Gasteiger charge is 2.10. The largest absolute Gasteiger partial charge is 0.481 e. The van der Waals surface area contributed by atoms with Crippen molar-refractivity contribution in [3.63, 3.8) is 0 Å². The Morgan fingerprint density at radius 2 is 2.21 bits per heavy atom. The number of pyridine rings is 1. The molecule has 94 valence electrons. The quantitative estimate of drug-likeness (QED) is 0.765. The van der Waals surface area contributed by atoms with Gasteiger partial charge in [-0.25, -0.2) is 4.68 Å². The van der Waals surface area contributed by atoms with Crippen LogP contribution < -0.4 is 0 Å². The molecule has 6 heteroatoms. The average molecular weight is 254 g/mol. The zero-order valence-corrected chi connectivity index (χ0v) is 9.89. The molecular weight excluding hydrogens is 244 g/mol. The Labute approximate surface area is 108 Å². The molecule has 1 aromatic carbocycles. The Balaban J connectivity index is 2.09.